The number of carbonyl (C=O) groups is 1. The van der Waals surface area contributed by atoms with Gasteiger partial charge in [0.25, 0.3) is 0 Å². The van der Waals surface area contributed by atoms with Gasteiger partial charge in [0.2, 0.25) is 0 Å². The summed E-state index contributed by atoms with van der Waals surface area (Å²) in [5.41, 5.74) is 2.49. The first-order valence-electron chi connectivity index (χ1n) is 8.11. The Hall–Kier alpha value is -3.34. The number of aromatic nitrogens is 2. The Labute approximate surface area is 144 Å². The van der Waals surface area contributed by atoms with Crippen LogP contribution in [0.15, 0.2) is 66.7 Å². The third-order valence-electron chi connectivity index (χ3n) is 4.10. The highest BCUT2D eigenvalue weighted by Gasteiger charge is 2.16. The number of hydrogen-bond acceptors (Lipinski definition) is 3. The minimum absolute atomic E-state index is 0.484. The molecular weight excluding hydrogens is 314 g/mol. The summed E-state index contributed by atoms with van der Waals surface area (Å²) in [6.07, 6.45) is -0.994. The summed E-state index contributed by atoms with van der Waals surface area (Å²) in [7, 11) is 0. The molecule has 0 fully saturated rings. The number of imidazole rings is 1. The molecule has 2 N–H and O–H groups in total. The molecule has 1 heterocycles. The number of nitrogens with one attached hydrogen (secondary N) is 2. The van der Waals surface area contributed by atoms with Crippen molar-refractivity contribution in [2.24, 2.45) is 0 Å². The van der Waals surface area contributed by atoms with Crippen molar-refractivity contribution >= 4 is 33.6 Å². The molecule has 0 aliphatic carbocycles. The molecule has 0 aliphatic rings. The van der Waals surface area contributed by atoms with Crippen LogP contribution in [0.2, 0.25) is 0 Å². The number of benzene rings is 3. The fourth-order valence-electron chi connectivity index (χ4n) is 2.86. The number of carbonyl (C=O) groups excluding carboxylic acids is 1. The van der Waals surface area contributed by atoms with Crippen molar-refractivity contribution in [1.82, 2.24) is 9.97 Å². The van der Waals surface area contributed by atoms with E-state index in [1.54, 1.807) is 6.92 Å². The van der Waals surface area contributed by atoms with Gasteiger partial charge in [-0.3, -0.25) is 5.32 Å². The molecule has 3 aromatic carbocycles. The molecular formula is C20H17N3O2. The summed E-state index contributed by atoms with van der Waals surface area (Å²) < 4.78 is 5.48. The van der Waals surface area contributed by atoms with Gasteiger partial charge in [-0.2, -0.15) is 0 Å². The molecule has 0 saturated carbocycles. The van der Waals surface area contributed by atoms with Crippen LogP contribution in [-0.2, 0) is 4.74 Å². The van der Waals surface area contributed by atoms with Gasteiger partial charge < -0.3 is 9.72 Å². The Morgan fingerprint density at radius 3 is 2.68 bits per heavy atom. The predicted molar refractivity (Wildman–Crippen MR) is 98.6 cm³/mol. The zero-order chi connectivity index (χ0) is 17.2. The van der Waals surface area contributed by atoms with Gasteiger partial charge in [-0.05, 0) is 30.5 Å². The van der Waals surface area contributed by atoms with Gasteiger partial charge in [0.15, 0.2) is 6.10 Å². The quantitative estimate of drug-likeness (QED) is 0.553. The summed E-state index contributed by atoms with van der Waals surface area (Å²) in [6, 6.07) is 21.3. The molecule has 1 unspecified atom stereocenters. The Morgan fingerprint density at radius 2 is 1.80 bits per heavy atom. The van der Waals surface area contributed by atoms with Crippen molar-refractivity contribution in [3.8, 4) is 0 Å². The summed E-state index contributed by atoms with van der Waals surface area (Å²) in [5, 5.41) is 4.85. The van der Waals surface area contributed by atoms with Gasteiger partial charge in [0.1, 0.15) is 5.82 Å². The molecule has 5 nitrogen and oxygen atoms in total. The number of amides is 1. The van der Waals surface area contributed by atoms with E-state index in [4.69, 9.17) is 4.74 Å². The molecule has 0 bridgehead atoms. The molecule has 124 valence electrons. The van der Waals surface area contributed by atoms with E-state index in [0.717, 1.165) is 27.5 Å². The number of H-pyrrole nitrogens is 1. The van der Waals surface area contributed by atoms with Crippen LogP contribution in [0.1, 0.15) is 18.9 Å². The van der Waals surface area contributed by atoms with Crippen molar-refractivity contribution in [2.75, 3.05) is 5.32 Å². The number of rotatable bonds is 3. The number of hydrogen-bond donors (Lipinski definition) is 2. The average Bonchev–Trinajstić information content (AvgIpc) is 3.06. The zero-order valence-corrected chi connectivity index (χ0v) is 13.7. The number of nitrogens with zero attached hydrogens (tertiary/aromatic N) is 1. The van der Waals surface area contributed by atoms with Gasteiger partial charge in [-0.25, -0.2) is 9.78 Å². The normalized spacial score (nSPS) is 12.2. The molecule has 0 saturated heterocycles. The van der Waals surface area contributed by atoms with E-state index >= 15 is 0 Å². The van der Waals surface area contributed by atoms with Gasteiger partial charge in [0, 0.05) is 5.39 Å². The highest BCUT2D eigenvalue weighted by atomic mass is 16.6. The lowest BCUT2D eigenvalue weighted by Gasteiger charge is -2.13. The van der Waals surface area contributed by atoms with Crippen LogP contribution in [0.4, 0.5) is 10.5 Å². The lowest BCUT2D eigenvalue weighted by molar-refractivity contribution is 0.117. The van der Waals surface area contributed by atoms with Crippen molar-refractivity contribution in [3.05, 3.63) is 72.6 Å². The second-order valence-corrected chi connectivity index (χ2v) is 5.84. The standard InChI is InChI=1S/C20H17N3O2/c1-13(19-21-17-10-4-5-11-18(17)22-19)25-20(24)23-16-12-6-8-14-7-2-3-9-15(14)16/h2-13H,1H3,(H,21,22)(H,23,24). The molecule has 0 radical (unpaired) electrons. The van der Waals surface area contributed by atoms with E-state index in [1.807, 2.05) is 66.7 Å². The third kappa shape index (κ3) is 3.04. The Kier molecular flexibility index (Phi) is 3.82. The van der Waals surface area contributed by atoms with Crippen LogP contribution in [0.3, 0.4) is 0 Å². The second kappa shape index (κ2) is 6.28. The van der Waals surface area contributed by atoms with Crippen LogP contribution in [0.25, 0.3) is 21.8 Å². The van der Waals surface area contributed by atoms with Crippen molar-refractivity contribution in [3.63, 3.8) is 0 Å². The van der Waals surface area contributed by atoms with E-state index in [-0.39, 0.29) is 0 Å². The minimum Gasteiger partial charge on any atom is -0.438 e. The summed E-state index contributed by atoms with van der Waals surface area (Å²) >= 11 is 0. The van der Waals surface area contributed by atoms with E-state index in [1.165, 1.54) is 0 Å². The van der Waals surface area contributed by atoms with Gasteiger partial charge in [-0.15, -0.1) is 0 Å². The average molecular weight is 331 g/mol. The number of aromatic amines is 1. The topological polar surface area (TPSA) is 67.0 Å². The van der Waals surface area contributed by atoms with Gasteiger partial charge in [0.05, 0.1) is 16.7 Å². The number of ether oxygens (including phenoxy) is 1. The SMILES string of the molecule is CC(OC(=O)Nc1cccc2ccccc12)c1nc2ccccc2[nH]1. The number of para-hydroxylation sites is 2. The summed E-state index contributed by atoms with van der Waals surface area (Å²) in [6.45, 7) is 1.79. The fourth-order valence-corrected chi connectivity index (χ4v) is 2.86. The molecule has 4 aromatic rings. The smallest absolute Gasteiger partial charge is 0.412 e. The maximum absolute atomic E-state index is 12.3. The number of anilines is 1. The van der Waals surface area contributed by atoms with E-state index in [0.29, 0.717) is 5.82 Å². The first kappa shape index (κ1) is 15.2. The Balaban J connectivity index is 1.51. The minimum atomic E-state index is -0.510. The van der Waals surface area contributed by atoms with Crippen LogP contribution >= 0.6 is 0 Å². The molecule has 1 atom stereocenters. The summed E-state index contributed by atoms with van der Waals surface area (Å²) in [5.74, 6) is 0.620. The van der Waals surface area contributed by atoms with Crippen LogP contribution in [0.5, 0.6) is 0 Å². The first-order valence-corrected chi connectivity index (χ1v) is 8.11. The first-order chi connectivity index (χ1) is 12.2. The molecule has 4 rings (SSSR count). The monoisotopic (exact) mass is 331 g/mol. The largest absolute Gasteiger partial charge is 0.438 e. The maximum atomic E-state index is 12.3. The molecule has 0 aliphatic heterocycles. The lowest BCUT2D eigenvalue weighted by Crippen LogP contribution is -2.16. The molecule has 1 aromatic heterocycles. The Morgan fingerprint density at radius 1 is 1.04 bits per heavy atom. The van der Waals surface area contributed by atoms with Crippen LogP contribution in [-0.4, -0.2) is 16.1 Å². The van der Waals surface area contributed by atoms with E-state index in [9.17, 15) is 4.79 Å². The van der Waals surface area contributed by atoms with E-state index in [2.05, 4.69) is 15.3 Å². The highest BCUT2D eigenvalue weighted by Crippen LogP contribution is 2.24. The van der Waals surface area contributed by atoms with E-state index < -0.39 is 12.2 Å². The Bertz CT molecular complexity index is 1020. The molecule has 25 heavy (non-hydrogen) atoms. The number of fused-ring (bicyclic) bond motifs is 2. The van der Waals surface area contributed by atoms with Gasteiger partial charge in [-0.1, -0.05) is 48.5 Å². The maximum Gasteiger partial charge on any atom is 0.412 e. The van der Waals surface area contributed by atoms with Crippen LogP contribution < -0.4 is 5.32 Å². The van der Waals surface area contributed by atoms with Crippen molar-refractivity contribution in [2.45, 2.75) is 13.0 Å². The van der Waals surface area contributed by atoms with Crippen LogP contribution in [0, 0.1) is 0 Å². The molecule has 1 amide bonds. The third-order valence-corrected chi connectivity index (χ3v) is 4.10. The summed E-state index contributed by atoms with van der Waals surface area (Å²) in [4.78, 5) is 19.9. The lowest BCUT2D eigenvalue weighted by atomic mass is 10.1. The zero-order valence-electron chi connectivity index (χ0n) is 13.7. The fraction of sp³-hybridized carbons (Fsp3) is 0.100. The molecule has 0 spiro atoms. The molecule has 5 heteroatoms. The van der Waals surface area contributed by atoms with Crippen molar-refractivity contribution in [1.29, 1.82) is 0 Å². The second-order valence-electron chi connectivity index (χ2n) is 5.84. The predicted octanol–water partition coefficient (Wildman–Crippen LogP) is 5.03. The van der Waals surface area contributed by atoms with Crippen molar-refractivity contribution < 1.29 is 9.53 Å². The highest BCUT2D eigenvalue weighted by molar-refractivity contribution is 6.00. The van der Waals surface area contributed by atoms with Gasteiger partial charge >= 0.3 is 6.09 Å².